The molecule has 2 aliphatic carbocycles. The summed E-state index contributed by atoms with van der Waals surface area (Å²) in [6, 6.07) is 17.2. The Labute approximate surface area is 245 Å². The Hall–Kier alpha value is -3.56. The fourth-order valence-corrected chi connectivity index (χ4v) is 7.44. The van der Waals surface area contributed by atoms with Crippen LogP contribution in [0.1, 0.15) is 79.0 Å². The molecule has 0 fully saturated rings. The van der Waals surface area contributed by atoms with Crippen LogP contribution in [0.5, 0.6) is 0 Å². The number of thiophene rings is 1. The van der Waals surface area contributed by atoms with Crippen molar-refractivity contribution in [3.05, 3.63) is 91.0 Å². The summed E-state index contributed by atoms with van der Waals surface area (Å²) in [6.45, 7) is 19.7. The fraction of sp³-hybridized carbons (Fsp3) is 0.316. The van der Waals surface area contributed by atoms with Crippen molar-refractivity contribution in [2.45, 2.75) is 78.6 Å². The van der Waals surface area contributed by atoms with Crippen LogP contribution in [0.4, 0.5) is 0 Å². The Balaban J connectivity index is 1.91. The molecular formula is C38H36O2S. The molecule has 0 amide bonds. The molecule has 2 aliphatic rings. The van der Waals surface area contributed by atoms with Crippen LogP contribution in [0.2, 0.25) is 0 Å². The molecule has 0 saturated heterocycles. The minimum atomic E-state index is -0.208. The molecule has 0 atom stereocenters. The lowest BCUT2D eigenvalue weighted by Crippen LogP contribution is -2.19. The van der Waals surface area contributed by atoms with Gasteiger partial charge in [0, 0.05) is 53.9 Å². The zero-order valence-corrected chi connectivity index (χ0v) is 26.2. The highest BCUT2D eigenvalue weighted by molar-refractivity contribution is 7.13. The lowest BCUT2D eigenvalue weighted by molar-refractivity contribution is 0.591. The first kappa shape index (κ1) is 26.3. The van der Waals surface area contributed by atoms with Crippen molar-refractivity contribution in [1.29, 1.82) is 0 Å². The standard InChI is InChI=1S/C38H36O2S/c1-36(2,3)19-13-22-29(28-11-10-12-41-28)23-14-20(37(4,5)6)16-25-31(23)33-30(22)24(15-19)34(39)26-17-21(38(7,8)9)18-27(32(26)33)35(25)40/h10-18H,1-9H3. The van der Waals surface area contributed by atoms with Gasteiger partial charge in [0.2, 0.25) is 0 Å². The van der Waals surface area contributed by atoms with Crippen molar-refractivity contribution < 1.29 is 0 Å². The number of benzene rings is 6. The lowest BCUT2D eigenvalue weighted by Gasteiger charge is -2.29. The van der Waals surface area contributed by atoms with Gasteiger partial charge in [-0.15, -0.1) is 11.3 Å². The van der Waals surface area contributed by atoms with E-state index >= 15 is 0 Å². The molecule has 5 aromatic rings. The predicted octanol–water partition coefficient (Wildman–Crippen LogP) is 10.1. The van der Waals surface area contributed by atoms with E-state index in [1.54, 1.807) is 11.3 Å². The van der Waals surface area contributed by atoms with Gasteiger partial charge in [-0.05, 0) is 91.6 Å². The van der Waals surface area contributed by atoms with Crippen LogP contribution in [0, 0.1) is 0 Å². The summed E-state index contributed by atoms with van der Waals surface area (Å²) in [5.74, 6) is 0. The smallest absolute Gasteiger partial charge is 0.194 e. The molecule has 0 saturated carbocycles. The van der Waals surface area contributed by atoms with E-state index in [0.717, 1.165) is 70.6 Å². The van der Waals surface area contributed by atoms with Gasteiger partial charge in [-0.1, -0.05) is 68.4 Å². The van der Waals surface area contributed by atoms with Gasteiger partial charge in [0.25, 0.3) is 0 Å². The van der Waals surface area contributed by atoms with Crippen molar-refractivity contribution in [1.82, 2.24) is 0 Å². The summed E-state index contributed by atoms with van der Waals surface area (Å²) in [6.07, 6.45) is 0. The highest BCUT2D eigenvalue weighted by Gasteiger charge is 2.32. The first-order chi connectivity index (χ1) is 19.1. The maximum Gasteiger partial charge on any atom is 0.194 e. The molecule has 4 aromatic carbocycles. The number of hydrogen-bond acceptors (Lipinski definition) is 3. The molecule has 0 bridgehead atoms. The molecule has 0 unspecified atom stereocenters. The van der Waals surface area contributed by atoms with E-state index in [2.05, 4.69) is 116 Å². The Morgan fingerprint density at radius 2 is 0.878 bits per heavy atom. The van der Waals surface area contributed by atoms with Crippen LogP contribution in [0.3, 0.4) is 0 Å². The molecule has 0 radical (unpaired) electrons. The second kappa shape index (κ2) is 8.04. The molecule has 0 spiro atoms. The maximum absolute atomic E-state index is 14.5. The minimum Gasteiger partial charge on any atom is -0.289 e. The zero-order chi connectivity index (χ0) is 29.4. The summed E-state index contributed by atoms with van der Waals surface area (Å²) in [7, 11) is 0. The van der Waals surface area contributed by atoms with Gasteiger partial charge in [-0.25, -0.2) is 0 Å². The van der Waals surface area contributed by atoms with Crippen molar-refractivity contribution in [2.24, 2.45) is 0 Å². The molecule has 1 aromatic heterocycles. The van der Waals surface area contributed by atoms with Crippen molar-refractivity contribution in [2.75, 3.05) is 0 Å². The van der Waals surface area contributed by atoms with Gasteiger partial charge in [-0.2, -0.15) is 0 Å². The quantitative estimate of drug-likeness (QED) is 0.149. The molecular weight excluding hydrogens is 520 g/mol. The third-order valence-electron chi connectivity index (χ3n) is 9.05. The average Bonchev–Trinajstić information content (AvgIpc) is 3.41. The Kier molecular flexibility index (Phi) is 5.17. The monoisotopic (exact) mass is 556 g/mol. The molecule has 41 heavy (non-hydrogen) atoms. The van der Waals surface area contributed by atoms with Gasteiger partial charge in [0.05, 0.1) is 0 Å². The molecule has 2 nitrogen and oxygen atoms in total. The number of rotatable bonds is 1. The van der Waals surface area contributed by atoms with E-state index < -0.39 is 0 Å². The van der Waals surface area contributed by atoms with E-state index in [1.165, 1.54) is 0 Å². The van der Waals surface area contributed by atoms with Crippen LogP contribution in [0.25, 0.3) is 64.7 Å². The third kappa shape index (κ3) is 3.61. The molecule has 0 N–H and O–H groups in total. The first-order valence-corrected chi connectivity index (χ1v) is 15.4. The van der Waals surface area contributed by atoms with Gasteiger partial charge in [-0.3, -0.25) is 9.59 Å². The van der Waals surface area contributed by atoms with E-state index in [0.29, 0.717) is 10.8 Å². The lowest BCUT2D eigenvalue weighted by atomic mass is 9.74. The maximum atomic E-state index is 14.5. The van der Waals surface area contributed by atoms with Crippen LogP contribution in [0.15, 0.2) is 63.5 Å². The largest absolute Gasteiger partial charge is 0.289 e. The summed E-state index contributed by atoms with van der Waals surface area (Å²) < 4.78 is 0. The topological polar surface area (TPSA) is 34.1 Å². The second-order valence-corrected chi connectivity index (χ2v) is 15.9. The highest BCUT2D eigenvalue weighted by atomic mass is 32.1. The van der Waals surface area contributed by atoms with Gasteiger partial charge >= 0.3 is 0 Å². The Morgan fingerprint density at radius 1 is 0.488 bits per heavy atom. The number of hydrogen-bond donors (Lipinski definition) is 0. The molecule has 206 valence electrons. The van der Waals surface area contributed by atoms with Crippen molar-refractivity contribution in [3.63, 3.8) is 0 Å². The Morgan fingerprint density at radius 3 is 1.24 bits per heavy atom. The second-order valence-electron chi connectivity index (χ2n) is 15.0. The third-order valence-corrected chi connectivity index (χ3v) is 9.94. The summed E-state index contributed by atoms with van der Waals surface area (Å²) >= 11 is 1.71. The van der Waals surface area contributed by atoms with Gasteiger partial charge in [0.1, 0.15) is 0 Å². The fourth-order valence-electron chi connectivity index (χ4n) is 6.64. The van der Waals surface area contributed by atoms with Crippen LogP contribution in [-0.2, 0) is 16.2 Å². The van der Waals surface area contributed by atoms with Crippen LogP contribution >= 0.6 is 11.3 Å². The van der Waals surface area contributed by atoms with Crippen LogP contribution < -0.4 is 10.9 Å². The average molecular weight is 557 g/mol. The van der Waals surface area contributed by atoms with Gasteiger partial charge in [0.15, 0.2) is 10.9 Å². The van der Waals surface area contributed by atoms with E-state index in [4.69, 9.17) is 0 Å². The normalized spacial score (nSPS) is 13.7. The summed E-state index contributed by atoms with van der Waals surface area (Å²) in [5.41, 5.74) is 5.88. The van der Waals surface area contributed by atoms with Crippen molar-refractivity contribution >= 4 is 54.4 Å². The molecule has 0 aliphatic heterocycles. The predicted molar refractivity (Wildman–Crippen MR) is 179 cm³/mol. The summed E-state index contributed by atoms with van der Waals surface area (Å²) in [5, 5.41) is 9.15. The molecule has 3 heteroatoms. The highest BCUT2D eigenvalue weighted by Crippen LogP contribution is 2.52. The van der Waals surface area contributed by atoms with E-state index in [-0.39, 0.29) is 27.1 Å². The van der Waals surface area contributed by atoms with E-state index in [1.807, 2.05) is 0 Å². The first-order valence-electron chi connectivity index (χ1n) is 14.5. The van der Waals surface area contributed by atoms with Crippen molar-refractivity contribution in [3.8, 4) is 21.6 Å². The van der Waals surface area contributed by atoms with Gasteiger partial charge < -0.3 is 0 Å². The van der Waals surface area contributed by atoms with Crippen LogP contribution in [-0.4, -0.2) is 0 Å². The SMILES string of the molecule is CC(C)(C)c1cc2c3c(c1)c(=O)c1cc(C(C)(C)C)cc4c(-c5cccs5)c5cc(C(C)(C)C)cc(c2=O)c5c-3c41. The molecule has 1 heterocycles. The summed E-state index contributed by atoms with van der Waals surface area (Å²) in [4.78, 5) is 30.2. The van der Waals surface area contributed by atoms with E-state index in [9.17, 15) is 9.59 Å². The Bertz CT molecular complexity index is 2090. The zero-order valence-electron chi connectivity index (χ0n) is 25.4. The minimum absolute atomic E-state index is 0.0231. The molecule has 7 rings (SSSR count).